The molecular formula is C16H26N2O. The summed E-state index contributed by atoms with van der Waals surface area (Å²) in [5.74, 6) is 0. The summed E-state index contributed by atoms with van der Waals surface area (Å²) in [5, 5.41) is 13.5. The van der Waals surface area contributed by atoms with E-state index in [4.69, 9.17) is 0 Å². The quantitative estimate of drug-likeness (QED) is 0.871. The summed E-state index contributed by atoms with van der Waals surface area (Å²) in [6, 6.07) is 8.93. The van der Waals surface area contributed by atoms with Gasteiger partial charge in [0.05, 0.1) is 5.60 Å². The van der Waals surface area contributed by atoms with Gasteiger partial charge in [0.25, 0.3) is 0 Å². The molecule has 1 aliphatic rings. The van der Waals surface area contributed by atoms with Crippen molar-refractivity contribution in [3.63, 3.8) is 0 Å². The molecule has 1 aliphatic heterocycles. The van der Waals surface area contributed by atoms with Gasteiger partial charge in [-0.15, -0.1) is 0 Å². The average Bonchev–Trinajstić information content (AvgIpc) is 2.38. The van der Waals surface area contributed by atoms with Crippen molar-refractivity contribution in [2.24, 2.45) is 0 Å². The molecule has 1 atom stereocenters. The van der Waals surface area contributed by atoms with Crippen LogP contribution in [-0.4, -0.2) is 41.8 Å². The Labute approximate surface area is 116 Å². The van der Waals surface area contributed by atoms with E-state index in [1.807, 2.05) is 13.8 Å². The largest absolute Gasteiger partial charge is 0.390 e. The van der Waals surface area contributed by atoms with Crippen molar-refractivity contribution in [1.29, 1.82) is 0 Å². The van der Waals surface area contributed by atoms with Gasteiger partial charge in [0.1, 0.15) is 0 Å². The van der Waals surface area contributed by atoms with Crippen LogP contribution in [0, 0.1) is 0 Å². The van der Waals surface area contributed by atoms with E-state index >= 15 is 0 Å². The lowest BCUT2D eigenvalue weighted by Gasteiger charge is -2.34. The number of benzene rings is 1. The van der Waals surface area contributed by atoms with Gasteiger partial charge in [0.15, 0.2) is 0 Å². The zero-order valence-corrected chi connectivity index (χ0v) is 12.3. The van der Waals surface area contributed by atoms with Gasteiger partial charge in [-0.3, -0.25) is 4.90 Å². The zero-order valence-electron chi connectivity index (χ0n) is 12.3. The first-order valence-electron chi connectivity index (χ1n) is 7.22. The molecule has 1 fully saturated rings. The van der Waals surface area contributed by atoms with Crippen molar-refractivity contribution in [3.05, 3.63) is 35.4 Å². The van der Waals surface area contributed by atoms with Crippen LogP contribution >= 0.6 is 0 Å². The first kappa shape index (κ1) is 14.5. The van der Waals surface area contributed by atoms with E-state index in [1.165, 1.54) is 11.1 Å². The molecule has 106 valence electrons. The van der Waals surface area contributed by atoms with Crippen LogP contribution in [0.1, 0.15) is 37.9 Å². The standard InChI is InChI=1S/C16H26N2O/c1-13(18-10-8-17-9-11-18)15-7-5-4-6-14(15)12-16(2,3)19/h4-7,13,17,19H,8-12H2,1-3H3. The molecule has 0 aliphatic carbocycles. The lowest BCUT2D eigenvalue weighted by atomic mass is 9.91. The lowest BCUT2D eigenvalue weighted by Crippen LogP contribution is -2.44. The van der Waals surface area contributed by atoms with Crippen LogP contribution < -0.4 is 5.32 Å². The number of hydrogen-bond donors (Lipinski definition) is 2. The second kappa shape index (κ2) is 6.04. The molecule has 2 rings (SSSR count). The maximum atomic E-state index is 10.1. The number of aliphatic hydroxyl groups is 1. The topological polar surface area (TPSA) is 35.5 Å². The number of hydrogen-bond acceptors (Lipinski definition) is 3. The van der Waals surface area contributed by atoms with Crippen molar-refractivity contribution >= 4 is 0 Å². The molecule has 2 N–H and O–H groups in total. The molecule has 0 amide bonds. The van der Waals surface area contributed by atoms with E-state index in [2.05, 4.69) is 41.4 Å². The van der Waals surface area contributed by atoms with Gasteiger partial charge in [0.2, 0.25) is 0 Å². The van der Waals surface area contributed by atoms with Crippen LogP contribution in [0.5, 0.6) is 0 Å². The van der Waals surface area contributed by atoms with Gasteiger partial charge < -0.3 is 10.4 Å². The molecule has 0 saturated carbocycles. The van der Waals surface area contributed by atoms with E-state index < -0.39 is 5.60 Å². The predicted molar refractivity (Wildman–Crippen MR) is 79.3 cm³/mol. The molecule has 1 aromatic rings. The van der Waals surface area contributed by atoms with Gasteiger partial charge in [-0.25, -0.2) is 0 Å². The molecule has 1 heterocycles. The fourth-order valence-electron chi connectivity index (χ4n) is 2.83. The molecule has 19 heavy (non-hydrogen) atoms. The zero-order chi connectivity index (χ0) is 13.9. The summed E-state index contributed by atoms with van der Waals surface area (Å²) in [5.41, 5.74) is 1.96. The Kier molecular flexibility index (Phi) is 4.61. The summed E-state index contributed by atoms with van der Waals surface area (Å²) in [4.78, 5) is 2.51. The monoisotopic (exact) mass is 262 g/mol. The first-order chi connectivity index (χ1) is 8.97. The summed E-state index contributed by atoms with van der Waals surface area (Å²) in [6.07, 6.45) is 0.708. The normalized spacial score (nSPS) is 19.4. The molecule has 0 aromatic heterocycles. The third kappa shape index (κ3) is 4.03. The highest BCUT2D eigenvalue weighted by Crippen LogP contribution is 2.26. The minimum absolute atomic E-state index is 0.417. The second-order valence-corrected chi connectivity index (χ2v) is 6.15. The summed E-state index contributed by atoms with van der Waals surface area (Å²) < 4.78 is 0. The number of piperazine rings is 1. The van der Waals surface area contributed by atoms with Crippen LogP contribution in [0.2, 0.25) is 0 Å². The molecule has 1 unspecified atom stereocenters. The second-order valence-electron chi connectivity index (χ2n) is 6.15. The van der Waals surface area contributed by atoms with Gasteiger partial charge in [-0.05, 0) is 31.9 Å². The van der Waals surface area contributed by atoms with Gasteiger partial charge in [-0.1, -0.05) is 24.3 Å². The molecule has 0 spiro atoms. The van der Waals surface area contributed by atoms with E-state index in [0.717, 1.165) is 26.2 Å². The molecule has 0 radical (unpaired) electrons. The maximum absolute atomic E-state index is 10.1. The van der Waals surface area contributed by atoms with Crippen molar-refractivity contribution < 1.29 is 5.11 Å². The summed E-state index contributed by atoms with van der Waals surface area (Å²) in [6.45, 7) is 10.3. The average molecular weight is 262 g/mol. The van der Waals surface area contributed by atoms with Crippen molar-refractivity contribution in [3.8, 4) is 0 Å². The predicted octanol–water partition coefficient (Wildman–Crippen LogP) is 1.97. The highest BCUT2D eigenvalue weighted by atomic mass is 16.3. The molecule has 1 saturated heterocycles. The van der Waals surface area contributed by atoms with Crippen LogP contribution in [-0.2, 0) is 6.42 Å². The fraction of sp³-hybridized carbons (Fsp3) is 0.625. The van der Waals surface area contributed by atoms with Crippen LogP contribution in [0.4, 0.5) is 0 Å². The third-order valence-corrected chi connectivity index (χ3v) is 3.83. The van der Waals surface area contributed by atoms with Crippen LogP contribution in [0.25, 0.3) is 0 Å². The van der Waals surface area contributed by atoms with Crippen molar-refractivity contribution in [2.75, 3.05) is 26.2 Å². The Morgan fingerprint density at radius 2 is 1.89 bits per heavy atom. The molecule has 3 nitrogen and oxygen atoms in total. The van der Waals surface area contributed by atoms with E-state index in [1.54, 1.807) is 0 Å². The smallest absolute Gasteiger partial charge is 0.0632 e. The first-order valence-corrected chi connectivity index (χ1v) is 7.22. The fourth-order valence-corrected chi connectivity index (χ4v) is 2.83. The number of nitrogens with one attached hydrogen (secondary N) is 1. The highest BCUT2D eigenvalue weighted by Gasteiger charge is 2.22. The highest BCUT2D eigenvalue weighted by molar-refractivity contribution is 5.31. The Balaban J connectivity index is 2.18. The summed E-state index contributed by atoms with van der Waals surface area (Å²) in [7, 11) is 0. The minimum Gasteiger partial charge on any atom is -0.390 e. The third-order valence-electron chi connectivity index (χ3n) is 3.83. The van der Waals surface area contributed by atoms with Crippen LogP contribution in [0.3, 0.4) is 0 Å². The van der Waals surface area contributed by atoms with Crippen molar-refractivity contribution in [1.82, 2.24) is 10.2 Å². The Morgan fingerprint density at radius 1 is 1.26 bits per heavy atom. The molecule has 3 heteroatoms. The van der Waals surface area contributed by atoms with Crippen molar-refractivity contribution in [2.45, 2.75) is 38.8 Å². The SMILES string of the molecule is CC(c1ccccc1CC(C)(C)O)N1CCNCC1. The number of nitrogens with zero attached hydrogens (tertiary/aromatic N) is 1. The Bertz CT molecular complexity index is 405. The van der Waals surface area contributed by atoms with E-state index in [-0.39, 0.29) is 0 Å². The molecular weight excluding hydrogens is 236 g/mol. The molecule has 0 bridgehead atoms. The maximum Gasteiger partial charge on any atom is 0.0632 e. The lowest BCUT2D eigenvalue weighted by molar-refractivity contribution is 0.0801. The van der Waals surface area contributed by atoms with Crippen LogP contribution in [0.15, 0.2) is 24.3 Å². The van der Waals surface area contributed by atoms with E-state index in [9.17, 15) is 5.11 Å². The Hall–Kier alpha value is -0.900. The Morgan fingerprint density at radius 3 is 2.53 bits per heavy atom. The number of rotatable bonds is 4. The van der Waals surface area contributed by atoms with E-state index in [0.29, 0.717) is 12.5 Å². The summed E-state index contributed by atoms with van der Waals surface area (Å²) >= 11 is 0. The van der Waals surface area contributed by atoms with Gasteiger partial charge >= 0.3 is 0 Å². The minimum atomic E-state index is -0.653. The molecule has 1 aromatic carbocycles. The van der Waals surface area contributed by atoms with Gasteiger partial charge in [0, 0.05) is 38.6 Å². The van der Waals surface area contributed by atoms with Gasteiger partial charge in [-0.2, -0.15) is 0 Å².